The summed E-state index contributed by atoms with van der Waals surface area (Å²) < 4.78 is 69.3. The summed E-state index contributed by atoms with van der Waals surface area (Å²) in [7, 11) is -3.13. The number of aliphatic hydroxyl groups excluding tert-OH is 1. The fourth-order valence-corrected chi connectivity index (χ4v) is 9.71. The van der Waals surface area contributed by atoms with E-state index in [1.54, 1.807) is 37.3 Å². The van der Waals surface area contributed by atoms with Crippen LogP contribution < -0.4 is 14.4 Å². The predicted octanol–water partition coefficient (Wildman–Crippen LogP) is 6.50. The van der Waals surface area contributed by atoms with E-state index < -0.39 is 57.2 Å². The zero-order valence-electron chi connectivity index (χ0n) is 27.4. The third kappa shape index (κ3) is 6.85. The Bertz CT molecular complexity index is 1680. The standard InChI is InChI=1S/C36H44ClF3N2O5S/c1-23-6-4-15-35(20-43,47-22-36(38,39)40)30-11-8-27(30)18-42-19-34(14-5-7-25-16-28(37)10-12-29(25)34)21-46-32-13-9-26(17-31(32)42)33(44)41-48(3,45)24(23)2/h4,9-10,12-13,15-17,23-24,27,30,43H,3,5-8,11,14,18-22H2,1-2H3,(H,41,44,45)/b15-4+/t23-,24+,27-,30+,34-,35+,48?/m0/s1. The molecule has 0 aromatic heterocycles. The Balaban J connectivity index is 1.46. The first kappa shape index (κ1) is 35.1. The second-order valence-electron chi connectivity index (χ2n) is 14.2. The molecule has 2 aromatic rings. The number of anilines is 1. The van der Waals surface area contributed by atoms with Crippen LogP contribution in [0.1, 0.15) is 67.4 Å². The summed E-state index contributed by atoms with van der Waals surface area (Å²) in [4.78, 5) is 15.8. The van der Waals surface area contributed by atoms with E-state index in [9.17, 15) is 27.3 Å². The summed E-state index contributed by atoms with van der Waals surface area (Å²) >= 11 is 6.40. The molecule has 2 bridgehead atoms. The van der Waals surface area contributed by atoms with Gasteiger partial charge in [-0.15, -0.1) is 0 Å². The highest BCUT2D eigenvalue weighted by atomic mass is 35.5. The van der Waals surface area contributed by atoms with Crippen molar-refractivity contribution in [1.82, 2.24) is 4.72 Å². The van der Waals surface area contributed by atoms with Crippen LogP contribution in [0, 0.1) is 17.8 Å². The molecule has 2 N–H and O–H groups in total. The number of nitrogens with zero attached hydrogens (tertiary/aromatic N) is 1. The number of carbonyl (C=O) groups excluding carboxylic acids is 1. The Morgan fingerprint density at radius 3 is 2.71 bits per heavy atom. The maximum absolute atomic E-state index is 13.8. The Morgan fingerprint density at radius 2 is 2.00 bits per heavy atom. The van der Waals surface area contributed by atoms with Crippen molar-refractivity contribution >= 4 is 38.8 Å². The van der Waals surface area contributed by atoms with Gasteiger partial charge in [-0.25, -0.2) is 4.21 Å². The van der Waals surface area contributed by atoms with Crippen molar-refractivity contribution in [3.8, 4) is 5.75 Å². The lowest BCUT2D eigenvalue weighted by Crippen LogP contribution is -2.55. The average Bonchev–Trinajstić information content (AvgIpc) is 3.17. The molecule has 262 valence electrons. The van der Waals surface area contributed by atoms with Crippen molar-refractivity contribution in [3.63, 3.8) is 0 Å². The Labute approximate surface area is 286 Å². The largest absolute Gasteiger partial charge is 0.490 e. The van der Waals surface area contributed by atoms with Crippen LogP contribution in [0.3, 0.4) is 0 Å². The molecule has 1 saturated carbocycles. The van der Waals surface area contributed by atoms with Gasteiger partial charge in [0.2, 0.25) is 0 Å². The van der Waals surface area contributed by atoms with Gasteiger partial charge in [0.1, 0.15) is 18.0 Å². The van der Waals surface area contributed by atoms with Gasteiger partial charge >= 0.3 is 6.18 Å². The van der Waals surface area contributed by atoms with Gasteiger partial charge in [-0.2, -0.15) is 13.2 Å². The van der Waals surface area contributed by atoms with E-state index in [4.69, 9.17) is 21.1 Å². The number of carbonyl (C=O) groups is 1. The number of ether oxygens (including phenoxy) is 2. The minimum atomic E-state index is -4.58. The highest BCUT2D eigenvalue weighted by Crippen LogP contribution is 2.49. The lowest BCUT2D eigenvalue weighted by Gasteiger charge is -2.50. The SMILES string of the molecule is C=S1(=O)NC(=O)c2ccc3c(c2)N(C[C@@H]2CC[C@H]2[C@@](CO)(OCC(F)(F)F)/C=C/C[C@H](C)[C@H]1C)C[C@@]1(CCCc2cc(Cl)ccc21)CO3. The van der Waals surface area contributed by atoms with Crippen molar-refractivity contribution in [2.24, 2.45) is 17.8 Å². The van der Waals surface area contributed by atoms with Crippen LogP contribution in [0.2, 0.25) is 5.02 Å². The summed E-state index contributed by atoms with van der Waals surface area (Å²) in [5.74, 6) is 3.20. The molecule has 7 nitrogen and oxygen atoms in total. The van der Waals surface area contributed by atoms with Crippen LogP contribution in [0.4, 0.5) is 18.9 Å². The van der Waals surface area contributed by atoms with Gasteiger partial charge in [0.05, 0.1) is 28.6 Å². The third-order valence-electron chi connectivity index (χ3n) is 11.1. The van der Waals surface area contributed by atoms with Gasteiger partial charge in [0, 0.05) is 34.3 Å². The first-order valence-corrected chi connectivity index (χ1v) is 18.8. The van der Waals surface area contributed by atoms with E-state index in [-0.39, 0.29) is 11.8 Å². The molecular formula is C36H44ClF3N2O5S. The molecule has 2 aromatic carbocycles. The van der Waals surface area contributed by atoms with Crippen LogP contribution >= 0.6 is 11.6 Å². The molecular weight excluding hydrogens is 665 g/mol. The average molecular weight is 709 g/mol. The Morgan fingerprint density at radius 1 is 1.21 bits per heavy atom. The quantitative estimate of drug-likeness (QED) is 0.280. The van der Waals surface area contributed by atoms with Gasteiger partial charge in [-0.3, -0.25) is 9.52 Å². The van der Waals surface area contributed by atoms with E-state index in [0.717, 1.165) is 36.8 Å². The fourth-order valence-electron chi connectivity index (χ4n) is 8.04. The van der Waals surface area contributed by atoms with Crippen LogP contribution in [0.5, 0.6) is 5.75 Å². The third-order valence-corrected chi connectivity index (χ3v) is 13.6. The molecule has 0 radical (unpaired) electrons. The number of rotatable bonds is 3. The first-order chi connectivity index (χ1) is 22.7. The first-order valence-electron chi connectivity index (χ1n) is 16.6. The van der Waals surface area contributed by atoms with E-state index in [1.165, 1.54) is 0 Å². The van der Waals surface area contributed by atoms with Crippen molar-refractivity contribution in [1.29, 1.82) is 0 Å². The van der Waals surface area contributed by atoms with E-state index in [0.29, 0.717) is 54.6 Å². The molecule has 0 saturated heterocycles. The molecule has 1 unspecified atom stereocenters. The van der Waals surface area contributed by atoms with Crippen molar-refractivity contribution in [2.75, 3.05) is 37.8 Å². The van der Waals surface area contributed by atoms with Crippen molar-refractivity contribution in [3.05, 3.63) is 70.3 Å². The maximum Gasteiger partial charge on any atom is 0.411 e. The molecule has 48 heavy (non-hydrogen) atoms. The summed E-state index contributed by atoms with van der Waals surface area (Å²) in [5.41, 5.74) is 1.34. The smallest absolute Gasteiger partial charge is 0.411 e. The lowest BCUT2D eigenvalue weighted by molar-refractivity contribution is -0.221. The number of allylic oxidation sites excluding steroid dienone is 1. The number of hydrogen-bond acceptors (Lipinski definition) is 6. The van der Waals surface area contributed by atoms with Crippen LogP contribution in [-0.4, -0.2) is 71.0 Å². The molecule has 1 fully saturated rings. The molecule has 4 aliphatic rings. The molecule has 6 rings (SSSR count). The maximum atomic E-state index is 13.8. The number of fused-ring (bicyclic) bond motifs is 4. The van der Waals surface area contributed by atoms with Crippen LogP contribution in [0.15, 0.2) is 48.6 Å². The zero-order valence-corrected chi connectivity index (χ0v) is 28.9. The minimum absolute atomic E-state index is 0.119. The zero-order chi connectivity index (χ0) is 34.5. The number of aliphatic hydroxyl groups is 1. The van der Waals surface area contributed by atoms with Crippen molar-refractivity contribution < 1.29 is 36.8 Å². The number of nitrogens with one attached hydrogen (secondary N) is 1. The number of halogens is 4. The van der Waals surface area contributed by atoms with Gasteiger partial charge < -0.3 is 19.5 Å². The molecule has 2 aliphatic heterocycles. The molecule has 2 heterocycles. The fraction of sp³-hybridized carbons (Fsp3) is 0.556. The molecule has 7 atom stereocenters. The Kier molecular flexibility index (Phi) is 9.65. The highest BCUT2D eigenvalue weighted by molar-refractivity contribution is 7.99. The Hall–Kier alpha value is -2.73. The predicted molar refractivity (Wildman–Crippen MR) is 183 cm³/mol. The van der Waals surface area contributed by atoms with E-state index >= 15 is 0 Å². The van der Waals surface area contributed by atoms with Crippen molar-refractivity contribution in [2.45, 2.75) is 74.8 Å². The van der Waals surface area contributed by atoms with E-state index in [1.807, 2.05) is 19.1 Å². The lowest BCUT2D eigenvalue weighted by atomic mass is 9.64. The van der Waals surface area contributed by atoms with Crippen LogP contribution in [0.25, 0.3) is 0 Å². The number of alkyl halides is 3. The molecule has 1 spiro atoms. The van der Waals surface area contributed by atoms with Crippen LogP contribution in [-0.2, 0) is 26.3 Å². The summed E-state index contributed by atoms with van der Waals surface area (Å²) in [6.45, 7) is 2.86. The molecule has 1 amide bonds. The summed E-state index contributed by atoms with van der Waals surface area (Å²) in [5, 5.41) is 10.9. The van der Waals surface area contributed by atoms with Gasteiger partial charge in [-0.05, 0) is 111 Å². The normalized spacial score (nSPS) is 34.6. The second kappa shape index (κ2) is 13.2. The number of benzene rings is 2. The number of hydrogen-bond donors (Lipinski definition) is 2. The number of amides is 1. The van der Waals surface area contributed by atoms with Gasteiger partial charge in [0.25, 0.3) is 5.91 Å². The summed E-state index contributed by atoms with van der Waals surface area (Å²) in [6, 6.07) is 11.1. The van der Waals surface area contributed by atoms with E-state index in [2.05, 4.69) is 21.6 Å². The molecule has 12 heteroatoms. The highest BCUT2D eigenvalue weighted by Gasteiger charge is 2.50. The van der Waals surface area contributed by atoms with Gasteiger partial charge in [0.15, 0.2) is 0 Å². The van der Waals surface area contributed by atoms with Gasteiger partial charge in [-0.1, -0.05) is 36.7 Å². The molecule has 2 aliphatic carbocycles. The second-order valence-corrected chi connectivity index (χ2v) is 17.1. The monoisotopic (exact) mass is 708 g/mol. The topological polar surface area (TPSA) is 88.1 Å². The minimum Gasteiger partial charge on any atom is -0.490 e. The number of aryl methyl sites for hydroxylation is 1. The summed E-state index contributed by atoms with van der Waals surface area (Å²) in [6.07, 6.45) is 3.04.